The van der Waals surface area contributed by atoms with Gasteiger partial charge in [0, 0.05) is 35.3 Å². The molecule has 1 aromatic carbocycles. The molecule has 134 valence electrons. The van der Waals surface area contributed by atoms with Crippen LogP contribution in [-0.4, -0.2) is 41.3 Å². The molecule has 3 rings (SSSR count). The topological polar surface area (TPSA) is 131 Å². The lowest BCUT2D eigenvalue weighted by atomic mass is 10.0. The number of rotatable bonds is 5. The highest BCUT2D eigenvalue weighted by atomic mass is 16.5. The Morgan fingerprint density at radius 3 is 1.85 bits per heavy atom. The van der Waals surface area contributed by atoms with Crippen molar-refractivity contribution >= 4 is 11.9 Å². The first kappa shape index (κ1) is 17.2. The maximum Gasteiger partial charge on any atom is 0.220 e. The fourth-order valence-electron chi connectivity index (χ4n) is 2.52. The van der Waals surface area contributed by atoms with Gasteiger partial charge in [-0.15, -0.1) is 0 Å². The average molecular weight is 354 g/mol. The van der Waals surface area contributed by atoms with Gasteiger partial charge in [-0.25, -0.2) is 19.9 Å². The van der Waals surface area contributed by atoms with Crippen molar-refractivity contribution < 1.29 is 14.2 Å². The van der Waals surface area contributed by atoms with Gasteiger partial charge in [-0.05, 0) is 12.1 Å². The first-order valence-electron chi connectivity index (χ1n) is 7.58. The molecule has 0 aliphatic rings. The predicted octanol–water partition coefficient (Wildman–Crippen LogP) is 1.79. The van der Waals surface area contributed by atoms with E-state index in [9.17, 15) is 0 Å². The molecule has 0 saturated heterocycles. The monoisotopic (exact) mass is 354 g/mol. The number of anilines is 2. The van der Waals surface area contributed by atoms with E-state index < -0.39 is 0 Å². The molecular weight excluding hydrogens is 336 g/mol. The fourth-order valence-corrected chi connectivity index (χ4v) is 2.52. The van der Waals surface area contributed by atoms with Crippen molar-refractivity contribution in [1.29, 1.82) is 0 Å². The molecule has 0 aliphatic heterocycles. The lowest BCUT2D eigenvalue weighted by Crippen LogP contribution is -2.01. The second kappa shape index (κ2) is 7.09. The Hall–Kier alpha value is -3.62. The quantitative estimate of drug-likeness (QED) is 0.703. The second-order valence-electron chi connectivity index (χ2n) is 5.23. The minimum absolute atomic E-state index is 0.133. The third-order valence-corrected chi connectivity index (χ3v) is 3.73. The van der Waals surface area contributed by atoms with E-state index >= 15 is 0 Å². The normalized spacial score (nSPS) is 10.4. The van der Waals surface area contributed by atoms with Crippen LogP contribution in [0.1, 0.15) is 0 Å². The molecule has 9 nitrogen and oxygen atoms in total. The van der Waals surface area contributed by atoms with Crippen LogP contribution >= 0.6 is 0 Å². The van der Waals surface area contributed by atoms with Crippen LogP contribution in [0.25, 0.3) is 22.4 Å². The summed E-state index contributed by atoms with van der Waals surface area (Å²) in [4.78, 5) is 16.5. The van der Waals surface area contributed by atoms with E-state index in [1.54, 1.807) is 52.1 Å². The Labute approximate surface area is 150 Å². The van der Waals surface area contributed by atoms with E-state index in [-0.39, 0.29) is 11.9 Å². The first-order chi connectivity index (χ1) is 12.6. The van der Waals surface area contributed by atoms with Crippen LogP contribution in [0, 0.1) is 0 Å². The Morgan fingerprint density at radius 1 is 0.731 bits per heavy atom. The van der Waals surface area contributed by atoms with Gasteiger partial charge in [-0.3, -0.25) is 0 Å². The number of hydrogen-bond acceptors (Lipinski definition) is 9. The van der Waals surface area contributed by atoms with Crippen LogP contribution in [-0.2, 0) is 0 Å². The van der Waals surface area contributed by atoms with E-state index in [1.165, 1.54) is 0 Å². The summed E-state index contributed by atoms with van der Waals surface area (Å²) in [6.45, 7) is 0. The molecule has 4 N–H and O–H groups in total. The van der Waals surface area contributed by atoms with Crippen LogP contribution in [0.5, 0.6) is 17.2 Å². The molecule has 2 aromatic heterocycles. The Kier molecular flexibility index (Phi) is 4.70. The van der Waals surface area contributed by atoms with Crippen molar-refractivity contribution in [3.05, 3.63) is 30.7 Å². The zero-order valence-corrected chi connectivity index (χ0v) is 14.6. The molecule has 0 aliphatic carbocycles. The van der Waals surface area contributed by atoms with Gasteiger partial charge in [0.05, 0.1) is 27.0 Å². The number of nitrogens with two attached hydrogens (primary N) is 2. The highest BCUT2D eigenvalue weighted by molar-refractivity contribution is 5.82. The minimum Gasteiger partial charge on any atom is -0.493 e. The van der Waals surface area contributed by atoms with E-state index in [2.05, 4.69) is 19.9 Å². The van der Waals surface area contributed by atoms with Gasteiger partial charge >= 0.3 is 0 Å². The maximum absolute atomic E-state index is 5.80. The van der Waals surface area contributed by atoms with Crippen LogP contribution in [0.4, 0.5) is 11.9 Å². The number of nitrogens with zero attached hydrogens (tertiary/aromatic N) is 4. The zero-order valence-electron chi connectivity index (χ0n) is 14.6. The van der Waals surface area contributed by atoms with Gasteiger partial charge in [-0.1, -0.05) is 0 Å². The maximum atomic E-state index is 5.80. The van der Waals surface area contributed by atoms with Crippen LogP contribution in [0.3, 0.4) is 0 Å². The van der Waals surface area contributed by atoms with Crippen molar-refractivity contribution in [2.45, 2.75) is 0 Å². The Bertz CT molecular complexity index is 905. The van der Waals surface area contributed by atoms with E-state index in [1.807, 2.05) is 0 Å². The molecular formula is C17H18N6O3. The largest absolute Gasteiger partial charge is 0.493 e. The number of ether oxygens (including phenoxy) is 3. The lowest BCUT2D eigenvalue weighted by Gasteiger charge is -2.15. The molecule has 0 spiro atoms. The molecule has 0 fully saturated rings. The average Bonchev–Trinajstić information content (AvgIpc) is 2.67. The van der Waals surface area contributed by atoms with Crippen LogP contribution in [0.2, 0.25) is 0 Å². The molecule has 0 unspecified atom stereocenters. The first-order valence-corrected chi connectivity index (χ1v) is 7.58. The minimum atomic E-state index is 0.133. The molecule has 9 heteroatoms. The van der Waals surface area contributed by atoms with Gasteiger partial charge in [0.15, 0.2) is 11.5 Å². The number of aromatic nitrogens is 4. The summed E-state index contributed by atoms with van der Waals surface area (Å²) < 4.78 is 16.2. The molecule has 0 atom stereocenters. The van der Waals surface area contributed by atoms with Gasteiger partial charge < -0.3 is 25.7 Å². The van der Waals surface area contributed by atoms with Gasteiger partial charge in [0.25, 0.3) is 0 Å². The number of methoxy groups -OCH3 is 3. The van der Waals surface area contributed by atoms with E-state index in [0.717, 1.165) is 0 Å². The SMILES string of the molecule is COc1cc(-c2nc(N)ncc2-c2cnc(N)nc2)cc(OC)c1OC. The van der Waals surface area contributed by atoms with Crippen molar-refractivity contribution in [1.82, 2.24) is 19.9 Å². The number of nitrogen functional groups attached to an aromatic ring is 2. The van der Waals surface area contributed by atoms with E-state index in [4.69, 9.17) is 25.7 Å². The molecule has 0 saturated carbocycles. The van der Waals surface area contributed by atoms with Crippen molar-refractivity contribution in [3.8, 4) is 39.6 Å². The number of benzene rings is 1. The predicted molar refractivity (Wildman–Crippen MR) is 97.0 cm³/mol. The third-order valence-electron chi connectivity index (χ3n) is 3.73. The van der Waals surface area contributed by atoms with Crippen molar-refractivity contribution in [2.24, 2.45) is 0 Å². The number of hydrogen-bond donors (Lipinski definition) is 2. The molecule has 2 heterocycles. The Balaban J connectivity index is 2.23. The Morgan fingerprint density at radius 2 is 1.31 bits per heavy atom. The summed E-state index contributed by atoms with van der Waals surface area (Å²) in [5.74, 6) is 1.79. The highest BCUT2D eigenvalue weighted by Crippen LogP contribution is 2.42. The third kappa shape index (κ3) is 3.14. The van der Waals surface area contributed by atoms with Crippen molar-refractivity contribution in [2.75, 3.05) is 32.8 Å². The summed E-state index contributed by atoms with van der Waals surface area (Å²) in [5.41, 5.74) is 14.0. The summed E-state index contributed by atoms with van der Waals surface area (Å²) in [7, 11) is 4.63. The summed E-state index contributed by atoms with van der Waals surface area (Å²) in [5, 5.41) is 0. The fraction of sp³-hybridized carbons (Fsp3) is 0.176. The molecule has 26 heavy (non-hydrogen) atoms. The van der Waals surface area contributed by atoms with Gasteiger partial charge in [-0.2, -0.15) is 0 Å². The van der Waals surface area contributed by atoms with Crippen molar-refractivity contribution in [3.63, 3.8) is 0 Å². The molecule has 3 aromatic rings. The van der Waals surface area contributed by atoms with Gasteiger partial charge in [0.1, 0.15) is 0 Å². The standard InChI is InChI=1S/C17H18N6O3/c1-24-12-4-9(5-13(25-2)15(12)26-3)14-11(8-22-17(19)23-14)10-6-20-16(18)21-7-10/h4-8H,1-3H3,(H2,18,20,21)(H2,19,22,23). The summed E-state index contributed by atoms with van der Waals surface area (Å²) >= 11 is 0. The molecule has 0 amide bonds. The molecule has 0 bridgehead atoms. The zero-order chi connectivity index (χ0) is 18.7. The second-order valence-corrected chi connectivity index (χ2v) is 5.23. The lowest BCUT2D eigenvalue weighted by molar-refractivity contribution is 0.324. The smallest absolute Gasteiger partial charge is 0.220 e. The van der Waals surface area contributed by atoms with Crippen LogP contribution < -0.4 is 25.7 Å². The van der Waals surface area contributed by atoms with E-state index in [0.29, 0.717) is 39.6 Å². The van der Waals surface area contributed by atoms with Gasteiger partial charge in [0.2, 0.25) is 17.6 Å². The van der Waals surface area contributed by atoms with Crippen LogP contribution in [0.15, 0.2) is 30.7 Å². The molecule has 0 radical (unpaired) electrons. The summed E-state index contributed by atoms with van der Waals surface area (Å²) in [6.07, 6.45) is 4.80. The summed E-state index contributed by atoms with van der Waals surface area (Å²) in [6, 6.07) is 3.57. The highest BCUT2D eigenvalue weighted by Gasteiger charge is 2.18.